The Hall–Kier alpha value is -1.55. The third-order valence-corrected chi connectivity index (χ3v) is 3.52. The van der Waals surface area contributed by atoms with Gasteiger partial charge in [-0.05, 0) is 46.9 Å². The molecule has 0 aromatic heterocycles. The number of ether oxygens (including phenoxy) is 1. The molecule has 0 atom stereocenters. The molecule has 0 spiro atoms. The van der Waals surface area contributed by atoms with Crippen molar-refractivity contribution in [2.75, 3.05) is 18.6 Å². The third kappa shape index (κ3) is 2.34. The Balaban J connectivity index is 2.34. The van der Waals surface area contributed by atoms with Crippen LogP contribution < -0.4 is 4.90 Å². The highest BCUT2D eigenvalue weighted by Crippen LogP contribution is 2.25. The van der Waals surface area contributed by atoms with Gasteiger partial charge in [-0.3, -0.25) is 4.79 Å². The minimum absolute atomic E-state index is 0.0994. The molecule has 1 aromatic carbocycles. The van der Waals surface area contributed by atoms with E-state index in [2.05, 4.69) is 22.6 Å². The molecule has 0 saturated heterocycles. The van der Waals surface area contributed by atoms with Crippen LogP contribution in [0.15, 0.2) is 35.6 Å². The van der Waals surface area contributed by atoms with E-state index in [1.165, 1.54) is 7.11 Å². The van der Waals surface area contributed by atoms with Gasteiger partial charge in [0.25, 0.3) is 5.91 Å². The third-order valence-electron chi connectivity index (χ3n) is 2.80. The van der Waals surface area contributed by atoms with E-state index in [9.17, 15) is 4.79 Å². The zero-order valence-corrected chi connectivity index (χ0v) is 12.0. The summed E-state index contributed by atoms with van der Waals surface area (Å²) in [6.07, 6.45) is 0.567. The SMILES string of the molecule is COC1=C(C#N)C(=O)N(c2ccc(I)cc2)CC1. The van der Waals surface area contributed by atoms with E-state index in [0.29, 0.717) is 18.7 Å². The first-order valence-corrected chi connectivity index (χ1v) is 6.50. The lowest BCUT2D eigenvalue weighted by Gasteiger charge is -2.27. The Bertz CT molecular complexity index is 543. The van der Waals surface area contributed by atoms with Crippen LogP contribution in [-0.2, 0) is 9.53 Å². The van der Waals surface area contributed by atoms with Gasteiger partial charge in [0.2, 0.25) is 0 Å². The molecule has 0 saturated carbocycles. The largest absolute Gasteiger partial charge is 0.499 e. The Kier molecular flexibility index (Phi) is 3.87. The molecule has 0 radical (unpaired) electrons. The van der Waals surface area contributed by atoms with E-state index >= 15 is 0 Å². The van der Waals surface area contributed by atoms with Crippen molar-refractivity contribution in [1.29, 1.82) is 5.26 Å². The number of hydrogen-bond acceptors (Lipinski definition) is 3. The second-order valence-corrected chi connectivity index (χ2v) is 5.04. The molecule has 1 aromatic rings. The molecule has 0 unspecified atom stereocenters. The Morgan fingerprint density at radius 1 is 1.39 bits per heavy atom. The minimum atomic E-state index is -0.290. The van der Waals surface area contributed by atoms with Crippen LogP contribution in [0, 0.1) is 14.9 Å². The Morgan fingerprint density at radius 3 is 2.61 bits per heavy atom. The van der Waals surface area contributed by atoms with Crippen LogP contribution in [0.4, 0.5) is 5.69 Å². The van der Waals surface area contributed by atoms with E-state index < -0.39 is 0 Å². The molecule has 1 amide bonds. The Labute approximate surface area is 119 Å². The fraction of sp³-hybridized carbons (Fsp3) is 0.231. The Morgan fingerprint density at radius 2 is 2.06 bits per heavy atom. The summed E-state index contributed by atoms with van der Waals surface area (Å²) in [5.74, 6) is 0.186. The monoisotopic (exact) mass is 354 g/mol. The summed E-state index contributed by atoms with van der Waals surface area (Å²) in [4.78, 5) is 13.8. The first kappa shape index (κ1) is 12.9. The normalized spacial score (nSPS) is 15.6. The maximum Gasteiger partial charge on any atom is 0.272 e. The van der Waals surface area contributed by atoms with E-state index in [-0.39, 0.29) is 11.5 Å². The fourth-order valence-electron chi connectivity index (χ4n) is 1.88. The van der Waals surface area contributed by atoms with Gasteiger partial charge in [-0.25, -0.2) is 0 Å². The van der Waals surface area contributed by atoms with Crippen LogP contribution in [0.3, 0.4) is 0 Å². The van der Waals surface area contributed by atoms with E-state index in [1.54, 1.807) is 4.90 Å². The van der Waals surface area contributed by atoms with Crippen molar-refractivity contribution in [3.8, 4) is 6.07 Å². The predicted molar refractivity (Wildman–Crippen MR) is 75.8 cm³/mol. The average molecular weight is 354 g/mol. The van der Waals surface area contributed by atoms with Gasteiger partial charge >= 0.3 is 0 Å². The molecular formula is C13H11IN2O2. The van der Waals surface area contributed by atoms with Gasteiger partial charge in [0, 0.05) is 22.2 Å². The lowest BCUT2D eigenvalue weighted by Crippen LogP contribution is -2.37. The van der Waals surface area contributed by atoms with Gasteiger partial charge in [0.1, 0.15) is 11.8 Å². The van der Waals surface area contributed by atoms with Crippen LogP contribution in [0.5, 0.6) is 0 Å². The predicted octanol–water partition coefficient (Wildman–Crippen LogP) is 2.45. The lowest BCUT2D eigenvalue weighted by atomic mass is 10.1. The maximum absolute atomic E-state index is 12.2. The quantitative estimate of drug-likeness (QED) is 0.767. The van der Waals surface area contributed by atoms with Crippen molar-refractivity contribution >= 4 is 34.2 Å². The van der Waals surface area contributed by atoms with Gasteiger partial charge in [0.05, 0.1) is 7.11 Å². The number of benzene rings is 1. The summed E-state index contributed by atoms with van der Waals surface area (Å²) in [6.45, 7) is 0.535. The molecule has 18 heavy (non-hydrogen) atoms. The number of halogens is 1. The van der Waals surface area contributed by atoms with Gasteiger partial charge in [-0.15, -0.1) is 0 Å². The number of nitrogens with zero attached hydrogens (tertiary/aromatic N) is 2. The molecule has 0 N–H and O–H groups in total. The summed E-state index contributed by atoms with van der Waals surface area (Å²) in [5, 5.41) is 9.04. The molecule has 5 heteroatoms. The topological polar surface area (TPSA) is 53.3 Å². The number of carbonyl (C=O) groups is 1. The van der Waals surface area contributed by atoms with Crippen LogP contribution in [0.1, 0.15) is 6.42 Å². The molecule has 1 aliphatic heterocycles. The number of methoxy groups -OCH3 is 1. The zero-order chi connectivity index (χ0) is 13.1. The summed E-state index contributed by atoms with van der Waals surface area (Å²) in [5.41, 5.74) is 0.908. The molecule has 1 heterocycles. The second kappa shape index (κ2) is 5.40. The van der Waals surface area contributed by atoms with Crippen LogP contribution >= 0.6 is 22.6 Å². The first-order valence-electron chi connectivity index (χ1n) is 5.42. The number of rotatable bonds is 2. The van der Waals surface area contributed by atoms with Gasteiger partial charge in [-0.1, -0.05) is 0 Å². The van der Waals surface area contributed by atoms with E-state index in [4.69, 9.17) is 10.00 Å². The van der Waals surface area contributed by atoms with Crippen molar-refractivity contribution in [2.45, 2.75) is 6.42 Å². The standard InChI is InChI=1S/C13H11IN2O2/c1-18-12-6-7-16(13(17)11(12)8-15)10-4-2-9(14)3-5-10/h2-5H,6-7H2,1H3. The lowest BCUT2D eigenvalue weighted by molar-refractivity contribution is -0.115. The summed E-state index contributed by atoms with van der Waals surface area (Å²) < 4.78 is 6.18. The fourth-order valence-corrected chi connectivity index (χ4v) is 2.24. The number of amides is 1. The molecule has 0 aliphatic carbocycles. The molecule has 2 rings (SSSR count). The summed E-state index contributed by atoms with van der Waals surface area (Å²) >= 11 is 2.21. The van der Waals surface area contributed by atoms with Gasteiger partial charge < -0.3 is 9.64 Å². The van der Waals surface area contributed by atoms with Gasteiger partial charge in [0.15, 0.2) is 5.57 Å². The average Bonchev–Trinajstić information content (AvgIpc) is 2.39. The molecule has 92 valence electrons. The number of anilines is 1. The minimum Gasteiger partial charge on any atom is -0.499 e. The van der Waals surface area contributed by atoms with Crippen molar-refractivity contribution in [3.63, 3.8) is 0 Å². The summed E-state index contributed by atoms with van der Waals surface area (Å²) in [7, 11) is 1.49. The highest BCUT2D eigenvalue weighted by atomic mass is 127. The van der Waals surface area contributed by atoms with Gasteiger partial charge in [-0.2, -0.15) is 5.26 Å². The number of nitriles is 1. The van der Waals surface area contributed by atoms with Crippen LogP contribution in [0.2, 0.25) is 0 Å². The van der Waals surface area contributed by atoms with Crippen molar-refractivity contribution in [2.24, 2.45) is 0 Å². The summed E-state index contributed by atoms with van der Waals surface area (Å²) in [6, 6.07) is 9.56. The molecular weight excluding hydrogens is 343 g/mol. The number of hydrogen-bond donors (Lipinski definition) is 0. The van der Waals surface area contributed by atoms with E-state index in [0.717, 1.165) is 9.26 Å². The highest BCUT2D eigenvalue weighted by Gasteiger charge is 2.28. The molecule has 4 nitrogen and oxygen atoms in total. The second-order valence-electron chi connectivity index (χ2n) is 3.80. The molecule has 1 aliphatic rings. The highest BCUT2D eigenvalue weighted by molar-refractivity contribution is 14.1. The maximum atomic E-state index is 12.2. The molecule has 0 fully saturated rings. The van der Waals surface area contributed by atoms with Crippen LogP contribution in [0.25, 0.3) is 0 Å². The van der Waals surface area contributed by atoms with Crippen LogP contribution in [-0.4, -0.2) is 19.6 Å². The van der Waals surface area contributed by atoms with Crippen molar-refractivity contribution < 1.29 is 9.53 Å². The number of carbonyl (C=O) groups excluding carboxylic acids is 1. The zero-order valence-electron chi connectivity index (χ0n) is 9.81. The van der Waals surface area contributed by atoms with Crippen molar-refractivity contribution in [3.05, 3.63) is 39.2 Å². The van der Waals surface area contributed by atoms with E-state index in [1.807, 2.05) is 30.3 Å². The smallest absolute Gasteiger partial charge is 0.272 e. The first-order chi connectivity index (χ1) is 8.67. The van der Waals surface area contributed by atoms with Crippen molar-refractivity contribution in [1.82, 2.24) is 0 Å². The molecule has 0 bridgehead atoms.